The monoisotopic (exact) mass is 231 g/mol. The molecule has 0 aliphatic carbocycles. The quantitative estimate of drug-likeness (QED) is 0.793. The van der Waals surface area contributed by atoms with E-state index in [1.807, 2.05) is 6.07 Å². The summed E-state index contributed by atoms with van der Waals surface area (Å²) in [6.07, 6.45) is 1.79. The van der Waals surface area contributed by atoms with Crippen LogP contribution in [-0.4, -0.2) is 18.0 Å². The minimum Gasteiger partial charge on any atom is -0.457 e. The van der Waals surface area contributed by atoms with Crippen molar-refractivity contribution in [3.05, 3.63) is 22.6 Å². The number of halogens is 1. The lowest BCUT2D eigenvalue weighted by molar-refractivity contribution is 0.295. The van der Waals surface area contributed by atoms with Crippen molar-refractivity contribution in [3.8, 4) is 0 Å². The van der Waals surface area contributed by atoms with Gasteiger partial charge in [-0.15, -0.1) is 0 Å². The summed E-state index contributed by atoms with van der Waals surface area (Å²) in [5, 5.41) is 0. The Labute approximate surface area is 81.7 Å². The van der Waals surface area contributed by atoms with Crippen LogP contribution in [0, 0.1) is 0 Å². The van der Waals surface area contributed by atoms with Crippen LogP contribution in [0.2, 0.25) is 0 Å². The largest absolute Gasteiger partial charge is 0.457 e. The highest BCUT2D eigenvalue weighted by molar-refractivity contribution is 9.10. The van der Waals surface area contributed by atoms with Crippen LogP contribution in [0.5, 0.6) is 0 Å². The van der Waals surface area contributed by atoms with Crippen molar-refractivity contribution in [1.29, 1.82) is 0 Å². The summed E-state index contributed by atoms with van der Waals surface area (Å²) in [5.41, 5.74) is 1.23. The fraction of sp³-hybridized carbons (Fsp3) is 0.556. The second-order valence-corrected chi connectivity index (χ2v) is 3.50. The van der Waals surface area contributed by atoms with E-state index in [0.29, 0.717) is 0 Å². The average Bonchev–Trinajstić information content (AvgIpc) is 2.47. The van der Waals surface area contributed by atoms with Gasteiger partial charge in [-0.3, -0.25) is 4.90 Å². The summed E-state index contributed by atoms with van der Waals surface area (Å²) in [6.45, 7) is 7.47. The molecule has 1 aromatic heterocycles. The molecule has 1 rings (SSSR count). The molecule has 12 heavy (non-hydrogen) atoms. The molecule has 0 atom stereocenters. The Bertz CT molecular complexity index is 230. The van der Waals surface area contributed by atoms with E-state index in [2.05, 4.69) is 34.7 Å². The Balaban J connectivity index is 2.50. The molecule has 0 saturated carbocycles. The standard InChI is InChI=1S/C9H14BrNO/c1-3-11(4-2)6-8-5-9(10)12-7-8/h5,7H,3-4,6H2,1-2H3. The normalized spacial score (nSPS) is 11.0. The Morgan fingerprint density at radius 3 is 2.50 bits per heavy atom. The van der Waals surface area contributed by atoms with Crippen LogP contribution >= 0.6 is 15.9 Å². The molecule has 0 aromatic carbocycles. The van der Waals surface area contributed by atoms with E-state index in [0.717, 1.165) is 24.3 Å². The summed E-state index contributed by atoms with van der Waals surface area (Å²) < 4.78 is 5.95. The van der Waals surface area contributed by atoms with Gasteiger partial charge in [0, 0.05) is 12.1 Å². The summed E-state index contributed by atoms with van der Waals surface area (Å²) in [7, 11) is 0. The van der Waals surface area contributed by atoms with Crippen molar-refractivity contribution in [2.45, 2.75) is 20.4 Å². The Morgan fingerprint density at radius 1 is 1.42 bits per heavy atom. The average molecular weight is 232 g/mol. The summed E-state index contributed by atoms with van der Waals surface area (Å²) >= 11 is 3.28. The third kappa shape index (κ3) is 2.64. The molecule has 0 fully saturated rings. The molecule has 0 aliphatic rings. The topological polar surface area (TPSA) is 16.4 Å². The number of rotatable bonds is 4. The molecule has 68 valence electrons. The third-order valence-electron chi connectivity index (χ3n) is 1.92. The van der Waals surface area contributed by atoms with Crippen LogP contribution in [0.3, 0.4) is 0 Å². The first-order chi connectivity index (χ1) is 5.76. The van der Waals surface area contributed by atoms with Gasteiger partial charge in [0.2, 0.25) is 0 Å². The van der Waals surface area contributed by atoms with Crippen LogP contribution < -0.4 is 0 Å². The first kappa shape index (κ1) is 9.81. The molecule has 2 nitrogen and oxygen atoms in total. The third-order valence-corrected chi connectivity index (χ3v) is 2.34. The highest BCUT2D eigenvalue weighted by Crippen LogP contribution is 2.15. The van der Waals surface area contributed by atoms with E-state index >= 15 is 0 Å². The van der Waals surface area contributed by atoms with Gasteiger partial charge in [0.1, 0.15) is 0 Å². The van der Waals surface area contributed by atoms with E-state index < -0.39 is 0 Å². The molecule has 1 aromatic rings. The van der Waals surface area contributed by atoms with Crippen molar-refractivity contribution in [1.82, 2.24) is 4.90 Å². The predicted octanol–water partition coefficient (Wildman–Crippen LogP) is 2.88. The molecule has 1 heterocycles. The van der Waals surface area contributed by atoms with E-state index in [1.54, 1.807) is 6.26 Å². The Morgan fingerprint density at radius 2 is 2.08 bits per heavy atom. The van der Waals surface area contributed by atoms with Gasteiger partial charge in [-0.1, -0.05) is 13.8 Å². The lowest BCUT2D eigenvalue weighted by Crippen LogP contribution is -2.21. The maximum atomic E-state index is 5.14. The molecule has 0 aliphatic heterocycles. The van der Waals surface area contributed by atoms with E-state index in [9.17, 15) is 0 Å². The fourth-order valence-electron chi connectivity index (χ4n) is 1.13. The maximum Gasteiger partial charge on any atom is 0.169 e. The summed E-state index contributed by atoms with van der Waals surface area (Å²) in [4.78, 5) is 2.34. The minimum absolute atomic E-state index is 0.810. The zero-order chi connectivity index (χ0) is 8.97. The van der Waals surface area contributed by atoms with Crippen molar-refractivity contribution in [2.24, 2.45) is 0 Å². The zero-order valence-corrected chi connectivity index (χ0v) is 9.10. The van der Waals surface area contributed by atoms with Crippen molar-refractivity contribution < 1.29 is 4.42 Å². The number of nitrogens with zero attached hydrogens (tertiary/aromatic N) is 1. The molecule has 0 bridgehead atoms. The lowest BCUT2D eigenvalue weighted by Gasteiger charge is -2.16. The number of furan rings is 1. The highest BCUT2D eigenvalue weighted by Gasteiger charge is 2.03. The minimum atomic E-state index is 0.810. The van der Waals surface area contributed by atoms with Gasteiger partial charge in [0.05, 0.1) is 6.26 Å². The second-order valence-electron chi connectivity index (χ2n) is 2.72. The molecular weight excluding hydrogens is 218 g/mol. The smallest absolute Gasteiger partial charge is 0.169 e. The van der Waals surface area contributed by atoms with Crippen molar-refractivity contribution in [2.75, 3.05) is 13.1 Å². The second kappa shape index (κ2) is 4.67. The van der Waals surface area contributed by atoms with E-state index in [-0.39, 0.29) is 0 Å². The van der Waals surface area contributed by atoms with Crippen LogP contribution in [0.25, 0.3) is 0 Å². The number of hydrogen-bond acceptors (Lipinski definition) is 2. The van der Waals surface area contributed by atoms with Gasteiger partial charge < -0.3 is 4.42 Å². The van der Waals surface area contributed by atoms with Crippen LogP contribution in [0.4, 0.5) is 0 Å². The maximum absolute atomic E-state index is 5.14. The molecule has 0 spiro atoms. The lowest BCUT2D eigenvalue weighted by atomic mass is 10.3. The molecule has 0 saturated heterocycles. The van der Waals surface area contributed by atoms with Gasteiger partial charge in [0.25, 0.3) is 0 Å². The molecule has 0 amide bonds. The van der Waals surface area contributed by atoms with Crippen LogP contribution in [0.1, 0.15) is 19.4 Å². The fourth-order valence-corrected chi connectivity index (χ4v) is 1.52. The van der Waals surface area contributed by atoms with Gasteiger partial charge in [-0.05, 0) is 35.1 Å². The summed E-state index contributed by atoms with van der Waals surface area (Å²) in [6, 6.07) is 2.01. The first-order valence-corrected chi connectivity index (χ1v) is 5.00. The first-order valence-electron chi connectivity index (χ1n) is 4.21. The van der Waals surface area contributed by atoms with Gasteiger partial charge in [0.15, 0.2) is 4.67 Å². The summed E-state index contributed by atoms with van der Waals surface area (Å²) in [5.74, 6) is 0. The van der Waals surface area contributed by atoms with Gasteiger partial charge >= 0.3 is 0 Å². The molecule has 3 heteroatoms. The predicted molar refractivity (Wildman–Crippen MR) is 53.0 cm³/mol. The van der Waals surface area contributed by atoms with E-state index in [1.165, 1.54) is 5.56 Å². The van der Waals surface area contributed by atoms with Crippen LogP contribution in [-0.2, 0) is 6.54 Å². The molecule has 0 unspecified atom stereocenters. The number of hydrogen-bond donors (Lipinski definition) is 0. The zero-order valence-electron chi connectivity index (χ0n) is 7.51. The SMILES string of the molecule is CCN(CC)Cc1coc(Br)c1. The Kier molecular flexibility index (Phi) is 3.82. The van der Waals surface area contributed by atoms with Gasteiger partial charge in [-0.25, -0.2) is 0 Å². The van der Waals surface area contributed by atoms with E-state index in [4.69, 9.17) is 4.42 Å². The van der Waals surface area contributed by atoms with Gasteiger partial charge in [-0.2, -0.15) is 0 Å². The van der Waals surface area contributed by atoms with Crippen molar-refractivity contribution in [3.63, 3.8) is 0 Å². The highest BCUT2D eigenvalue weighted by atomic mass is 79.9. The molecule has 0 radical (unpaired) electrons. The molecular formula is C9H14BrNO. The Hall–Kier alpha value is -0.280. The van der Waals surface area contributed by atoms with Crippen molar-refractivity contribution >= 4 is 15.9 Å². The van der Waals surface area contributed by atoms with Crippen LogP contribution in [0.15, 0.2) is 21.4 Å². The molecule has 0 N–H and O–H groups in total.